The number of morpholine rings is 1. The molecule has 1 fully saturated rings. The molecule has 0 atom stereocenters. The number of hydrogen-bond acceptors (Lipinski definition) is 4. The molecule has 5 nitrogen and oxygen atoms in total. The van der Waals surface area contributed by atoms with E-state index in [0.29, 0.717) is 18.9 Å². The summed E-state index contributed by atoms with van der Waals surface area (Å²) in [6.07, 6.45) is 2.14. The van der Waals surface area contributed by atoms with E-state index in [-0.39, 0.29) is 12.6 Å². The first-order valence-corrected chi connectivity index (χ1v) is 13.8. The number of nitrogens with zero attached hydrogens (tertiary/aromatic N) is 2. The van der Waals surface area contributed by atoms with Crippen molar-refractivity contribution >= 4 is 11.7 Å². The van der Waals surface area contributed by atoms with Crippen LogP contribution in [0.3, 0.4) is 0 Å². The van der Waals surface area contributed by atoms with Gasteiger partial charge in [-0.3, -0.25) is 0 Å². The quantitative estimate of drug-likeness (QED) is 0.232. The number of esters is 1. The van der Waals surface area contributed by atoms with Crippen LogP contribution in [0.1, 0.15) is 32.7 Å². The van der Waals surface area contributed by atoms with Gasteiger partial charge in [0.1, 0.15) is 17.8 Å². The summed E-state index contributed by atoms with van der Waals surface area (Å²) >= 11 is 0. The lowest BCUT2D eigenvalue weighted by molar-refractivity contribution is 0.0457. The molecule has 1 aliphatic heterocycles. The van der Waals surface area contributed by atoms with Gasteiger partial charge in [0.25, 0.3) is 0 Å². The number of anilines is 1. The molecule has 5 heteroatoms. The van der Waals surface area contributed by atoms with Crippen LogP contribution in [-0.4, -0.2) is 36.8 Å². The predicted octanol–water partition coefficient (Wildman–Crippen LogP) is 6.50. The number of rotatable bonds is 6. The predicted molar refractivity (Wildman–Crippen MR) is 157 cm³/mol. The average molecular weight is 527 g/mol. The molecule has 0 amide bonds. The van der Waals surface area contributed by atoms with Crippen LogP contribution >= 0.6 is 0 Å². The highest BCUT2D eigenvalue weighted by Gasteiger charge is 2.48. The van der Waals surface area contributed by atoms with E-state index in [9.17, 15) is 4.79 Å². The van der Waals surface area contributed by atoms with Crippen LogP contribution in [0.4, 0.5) is 5.69 Å². The number of aromatic nitrogens is 1. The van der Waals surface area contributed by atoms with Gasteiger partial charge in [0.15, 0.2) is 0 Å². The number of benzene rings is 4. The zero-order valence-electron chi connectivity index (χ0n) is 22.2. The molecule has 0 unspecified atom stereocenters. The second-order valence-electron chi connectivity index (χ2n) is 10.3. The lowest BCUT2D eigenvalue weighted by Gasteiger charge is -2.36. The van der Waals surface area contributed by atoms with Crippen molar-refractivity contribution in [1.29, 1.82) is 0 Å². The molecule has 2 aliphatic rings. The summed E-state index contributed by atoms with van der Waals surface area (Å²) in [4.78, 5) is 16.3. The van der Waals surface area contributed by atoms with Gasteiger partial charge < -0.3 is 18.9 Å². The first-order chi connectivity index (χ1) is 19.8. The Balaban J connectivity index is 1.46. The summed E-state index contributed by atoms with van der Waals surface area (Å²) in [5.74, 6) is -0.347. The molecular weight excluding hydrogens is 496 g/mol. The summed E-state index contributed by atoms with van der Waals surface area (Å²) in [6.45, 7) is 3.08. The van der Waals surface area contributed by atoms with E-state index in [1.165, 1.54) is 11.1 Å². The van der Waals surface area contributed by atoms with Gasteiger partial charge in [-0.15, -0.1) is 0 Å². The Morgan fingerprint density at radius 1 is 0.750 bits per heavy atom. The third kappa shape index (κ3) is 3.93. The van der Waals surface area contributed by atoms with Crippen molar-refractivity contribution in [2.24, 2.45) is 0 Å². The molecule has 0 N–H and O–H groups in total. The smallest absolute Gasteiger partial charge is 0.355 e. The van der Waals surface area contributed by atoms with Crippen molar-refractivity contribution in [3.63, 3.8) is 0 Å². The van der Waals surface area contributed by atoms with Gasteiger partial charge in [0.2, 0.25) is 0 Å². The molecule has 4 aromatic carbocycles. The largest absolute Gasteiger partial charge is 0.456 e. The Labute approximate surface area is 234 Å². The molecule has 1 aliphatic carbocycles. The highest BCUT2D eigenvalue weighted by Crippen LogP contribution is 2.54. The van der Waals surface area contributed by atoms with Gasteiger partial charge in [-0.05, 0) is 39.4 Å². The molecule has 0 radical (unpaired) electrons. The minimum atomic E-state index is -0.750. The third-order valence-electron chi connectivity index (χ3n) is 8.08. The SMILES string of the molecule is O=C(OCc1ccccc1)c1cc(N2CCOCC2)cn1C1(c2ccccc2)c2ccccc2-c2ccccc21. The van der Waals surface area contributed by atoms with Crippen molar-refractivity contribution in [3.05, 3.63) is 149 Å². The Hall–Kier alpha value is -4.61. The molecule has 0 spiro atoms. The second kappa shape index (κ2) is 10.2. The minimum absolute atomic E-state index is 0.212. The van der Waals surface area contributed by atoms with E-state index >= 15 is 0 Å². The second-order valence-corrected chi connectivity index (χ2v) is 10.3. The van der Waals surface area contributed by atoms with Crippen LogP contribution < -0.4 is 4.90 Å². The molecule has 40 heavy (non-hydrogen) atoms. The molecule has 5 aromatic rings. The van der Waals surface area contributed by atoms with Crippen LogP contribution in [0.5, 0.6) is 0 Å². The summed E-state index contributed by atoms with van der Waals surface area (Å²) in [6, 6.07) is 39.4. The standard InChI is InChI=1S/C35H30N2O3/c38-34(40-25-26-11-3-1-4-12-26)33-23-28(36-19-21-39-22-20-36)24-37(33)35(27-13-5-2-6-14-27)31-17-9-7-15-29(31)30-16-8-10-18-32(30)35/h1-18,23-24H,19-22,25H2. The minimum Gasteiger partial charge on any atom is -0.456 e. The zero-order chi connectivity index (χ0) is 26.9. The van der Waals surface area contributed by atoms with Crippen molar-refractivity contribution in [1.82, 2.24) is 4.57 Å². The van der Waals surface area contributed by atoms with Crippen LogP contribution in [0.25, 0.3) is 11.1 Å². The van der Waals surface area contributed by atoms with Crippen LogP contribution in [-0.2, 0) is 21.6 Å². The molecule has 1 saturated heterocycles. The zero-order valence-corrected chi connectivity index (χ0v) is 22.2. The van der Waals surface area contributed by atoms with Gasteiger partial charge in [-0.25, -0.2) is 4.79 Å². The maximum absolute atomic E-state index is 14.0. The topological polar surface area (TPSA) is 43.7 Å². The lowest BCUT2D eigenvalue weighted by Crippen LogP contribution is -2.38. The highest BCUT2D eigenvalue weighted by molar-refractivity contribution is 5.91. The van der Waals surface area contributed by atoms with E-state index in [0.717, 1.165) is 41.0 Å². The molecule has 0 bridgehead atoms. The number of carbonyl (C=O) groups is 1. The number of carbonyl (C=O) groups excluding carboxylic acids is 1. The van der Waals surface area contributed by atoms with Gasteiger partial charge in [-0.2, -0.15) is 0 Å². The van der Waals surface area contributed by atoms with Crippen molar-refractivity contribution in [3.8, 4) is 11.1 Å². The fraction of sp³-hybridized carbons (Fsp3) is 0.171. The maximum atomic E-state index is 14.0. The Morgan fingerprint density at radius 2 is 1.32 bits per heavy atom. The first kappa shape index (κ1) is 24.4. The lowest BCUT2D eigenvalue weighted by atomic mass is 9.80. The van der Waals surface area contributed by atoms with Gasteiger partial charge >= 0.3 is 5.97 Å². The van der Waals surface area contributed by atoms with Crippen LogP contribution in [0.2, 0.25) is 0 Å². The van der Waals surface area contributed by atoms with Crippen LogP contribution in [0, 0.1) is 0 Å². The molecule has 0 saturated carbocycles. The van der Waals surface area contributed by atoms with Crippen molar-refractivity contribution in [2.45, 2.75) is 12.1 Å². The molecule has 198 valence electrons. The third-order valence-corrected chi connectivity index (χ3v) is 8.08. The Kier molecular flexibility index (Phi) is 6.21. The summed E-state index contributed by atoms with van der Waals surface area (Å²) in [7, 11) is 0. The first-order valence-electron chi connectivity index (χ1n) is 13.8. The van der Waals surface area contributed by atoms with Gasteiger partial charge in [0, 0.05) is 19.3 Å². The fourth-order valence-electron chi connectivity index (χ4n) is 6.28. The van der Waals surface area contributed by atoms with Gasteiger partial charge in [-0.1, -0.05) is 109 Å². The normalized spacial score (nSPS) is 15.3. The molecule has 1 aromatic heterocycles. The fourth-order valence-corrected chi connectivity index (χ4v) is 6.28. The van der Waals surface area contributed by atoms with E-state index in [1.54, 1.807) is 0 Å². The number of hydrogen-bond donors (Lipinski definition) is 0. The summed E-state index contributed by atoms with van der Waals surface area (Å²) in [5.41, 5.74) is 7.44. The van der Waals surface area contributed by atoms with Crippen molar-refractivity contribution < 1.29 is 14.3 Å². The van der Waals surface area contributed by atoms with Crippen molar-refractivity contribution in [2.75, 3.05) is 31.2 Å². The number of fused-ring (bicyclic) bond motifs is 3. The maximum Gasteiger partial charge on any atom is 0.355 e. The monoisotopic (exact) mass is 526 g/mol. The van der Waals surface area contributed by atoms with Crippen LogP contribution in [0.15, 0.2) is 121 Å². The van der Waals surface area contributed by atoms with E-state index in [2.05, 4.69) is 88.5 Å². The van der Waals surface area contributed by atoms with E-state index in [1.807, 2.05) is 42.5 Å². The molecule has 2 heterocycles. The Morgan fingerprint density at radius 3 is 1.98 bits per heavy atom. The molecule has 7 rings (SSSR count). The van der Waals surface area contributed by atoms with Gasteiger partial charge in [0.05, 0.1) is 18.9 Å². The Bertz CT molecular complexity index is 1610. The van der Waals surface area contributed by atoms with E-state index < -0.39 is 5.54 Å². The number of ether oxygens (including phenoxy) is 2. The highest BCUT2D eigenvalue weighted by atomic mass is 16.5. The summed E-state index contributed by atoms with van der Waals surface area (Å²) in [5, 5.41) is 0. The van der Waals surface area contributed by atoms with E-state index in [4.69, 9.17) is 9.47 Å². The summed E-state index contributed by atoms with van der Waals surface area (Å²) < 4.78 is 13.8. The molecular formula is C35H30N2O3. The average Bonchev–Trinajstić information content (AvgIpc) is 3.60.